The average molecular weight is 447 g/mol. The van der Waals surface area contributed by atoms with Crippen molar-refractivity contribution in [3.63, 3.8) is 0 Å². The molecule has 1 atom stereocenters. The Kier molecular flexibility index (Phi) is 6.22. The molecule has 0 saturated heterocycles. The van der Waals surface area contributed by atoms with E-state index < -0.39 is 0 Å². The molecule has 1 aliphatic rings. The zero-order valence-corrected chi connectivity index (χ0v) is 18.0. The van der Waals surface area contributed by atoms with Crippen molar-refractivity contribution >= 4 is 57.5 Å². The van der Waals surface area contributed by atoms with E-state index in [0.717, 1.165) is 26.4 Å². The summed E-state index contributed by atoms with van der Waals surface area (Å²) in [5.74, 6) is 1.20. The van der Waals surface area contributed by atoms with Crippen LogP contribution in [0.25, 0.3) is 0 Å². The van der Waals surface area contributed by atoms with E-state index in [4.69, 9.17) is 4.42 Å². The highest BCUT2D eigenvalue weighted by Gasteiger charge is 2.31. The van der Waals surface area contributed by atoms with E-state index in [-0.39, 0.29) is 30.0 Å². The van der Waals surface area contributed by atoms with E-state index in [0.29, 0.717) is 5.13 Å². The summed E-state index contributed by atoms with van der Waals surface area (Å²) in [6.07, 6.45) is 1.85. The molecule has 2 aromatic heterocycles. The molecule has 150 valence electrons. The summed E-state index contributed by atoms with van der Waals surface area (Å²) in [4.78, 5) is 28.1. The van der Waals surface area contributed by atoms with Crippen LogP contribution in [0.5, 0.6) is 0 Å². The molecule has 1 N–H and O–H groups in total. The second-order valence-corrected chi connectivity index (χ2v) is 9.86. The fourth-order valence-corrected chi connectivity index (χ4v) is 5.83. The van der Waals surface area contributed by atoms with Crippen molar-refractivity contribution in [2.24, 2.45) is 0 Å². The molecule has 0 aliphatic carbocycles. The summed E-state index contributed by atoms with van der Waals surface area (Å²) in [5.41, 5.74) is 0.728. The quantitative estimate of drug-likeness (QED) is 0.442. The minimum atomic E-state index is -0.307. The summed E-state index contributed by atoms with van der Waals surface area (Å²) < 4.78 is 6.33. The Hall–Kier alpha value is -2.30. The van der Waals surface area contributed by atoms with Crippen LogP contribution in [0, 0.1) is 0 Å². The van der Waals surface area contributed by atoms with Crippen molar-refractivity contribution in [2.75, 3.05) is 22.5 Å². The number of fused-ring (bicyclic) bond motifs is 1. The Morgan fingerprint density at radius 1 is 1.31 bits per heavy atom. The molecule has 29 heavy (non-hydrogen) atoms. The predicted octanol–water partition coefficient (Wildman–Crippen LogP) is 4.45. The largest absolute Gasteiger partial charge is 0.468 e. The smallest absolute Gasteiger partial charge is 0.246 e. The number of para-hydroxylation sites is 1. The van der Waals surface area contributed by atoms with Crippen LogP contribution < -0.4 is 10.2 Å². The maximum absolute atomic E-state index is 13.0. The number of hydrogen-bond donors (Lipinski definition) is 1. The lowest BCUT2D eigenvalue weighted by Gasteiger charge is -2.21. The molecule has 4 rings (SSSR count). The molecule has 1 unspecified atom stereocenters. The van der Waals surface area contributed by atoms with Crippen LogP contribution in [0.4, 0.5) is 10.8 Å². The van der Waals surface area contributed by atoms with Crippen LogP contribution in [0.3, 0.4) is 0 Å². The van der Waals surface area contributed by atoms with Crippen molar-refractivity contribution in [1.29, 1.82) is 0 Å². The highest BCUT2D eigenvalue weighted by atomic mass is 32.2. The van der Waals surface area contributed by atoms with E-state index in [2.05, 4.69) is 15.5 Å². The van der Waals surface area contributed by atoms with Crippen molar-refractivity contribution in [3.8, 4) is 0 Å². The summed E-state index contributed by atoms with van der Waals surface area (Å²) in [6, 6.07) is 11.3. The van der Waals surface area contributed by atoms with Gasteiger partial charge in [0, 0.05) is 11.3 Å². The van der Waals surface area contributed by atoms with Crippen molar-refractivity contribution < 1.29 is 14.0 Å². The van der Waals surface area contributed by atoms with Gasteiger partial charge >= 0.3 is 0 Å². The summed E-state index contributed by atoms with van der Waals surface area (Å²) in [5, 5.41) is 11.1. The molecule has 0 fully saturated rings. The molecule has 0 radical (unpaired) electrons. The number of aromatic nitrogens is 2. The van der Waals surface area contributed by atoms with Gasteiger partial charge in [-0.15, -0.1) is 22.0 Å². The SMILES string of the molecule is CCSc1nnc(NC(=O)CN2C(=O)CC(c3ccco3)Sc3ccccc32)s1. The first kappa shape index (κ1) is 20.0. The lowest BCUT2D eigenvalue weighted by molar-refractivity contribution is -0.121. The number of benzene rings is 1. The third kappa shape index (κ3) is 4.65. The maximum Gasteiger partial charge on any atom is 0.246 e. The summed E-state index contributed by atoms with van der Waals surface area (Å²) >= 11 is 4.47. The van der Waals surface area contributed by atoms with Crippen molar-refractivity contribution in [2.45, 2.75) is 27.8 Å². The second-order valence-electron chi connectivity index (χ2n) is 6.13. The van der Waals surface area contributed by atoms with Gasteiger partial charge in [-0.3, -0.25) is 14.9 Å². The van der Waals surface area contributed by atoms with Gasteiger partial charge in [-0.2, -0.15) is 0 Å². The number of carbonyl (C=O) groups excluding carboxylic acids is 2. The standard InChI is InChI=1S/C19H18N4O3S3/c1-2-27-19-22-21-18(29-19)20-16(24)11-23-12-6-3-4-8-14(12)28-15(10-17(23)25)13-7-5-9-26-13/h3-9,15H,2,10-11H2,1H3,(H,20,21,24). The molecule has 0 saturated carbocycles. The van der Waals surface area contributed by atoms with E-state index in [1.54, 1.807) is 29.8 Å². The molecule has 10 heteroatoms. The first-order chi connectivity index (χ1) is 14.1. The number of furan rings is 1. The predicted molar refractivity (Wildman–Crippen MR) is 116 cm³/mol. The van der Waals surface area contributed by atoms with Gasteiger partial charge in [0.05, 0.1) is 17.2 Å². The number of nitrogens with one attached hydrogen (secondary N) is 1. The Labute approximate surface area is 180 Å². The summed E-state index contributed by atoms with van der Waals surface area (Å²) in [7, 11) is 0. The molecule has 1 aliphatic heterocycles. The molecule has 1 aromatic carbocycles. The van der Waals surface area contributed by atoms with E-state index >= 15 is 0 Å². The monoisotopic (exact) mass is 446 g/mol. The van der Waals surface area contributed by atoms with Crippen LogP contribution >= 0.6 is 34.9 Å². The third-order valence-electron chi connectivity index (χ3n) is 4.17. The molecule has 0 spiro atoms. The minimum absolute atomic E-state index is 0.0862. The number of anilines is 2. The molecule has 3 heterocycles. The number of nitrogens with zero attached hydrogens (tertiary/aromatic N) is 3. The Morgan fingerprint density at radius 3 is 2.97 bits per heavy atom. The third-order valence-corrected chi connectivity index (χ3v) is 7.31. The normalized spacial score (nSPS) is 16.4. The highest BCUT2D eigenvalue weighted by Crippen LogP contribution is 2.45. The fraction of sp³-hybridized carbons (Fsp3) is 0.263. The van der Waals surface area contributed by atoms with Gasteiger partial charge in [-0.25, -0.2) is 0 Å². The Bertz CT molecular complexity index is 1010. The van der Waals surface area contributed by atoms with Crippen LogP contribution in [0.15, 0.2) is 56.3 Å². The van der Waals surface area contributed by atoms with Gasteiger partial charge in [-0.05, 0) is 30.0 Å². The van der Waals surface area contributed by atoms with Gasteiger partial charge < -0.3 is 9.32 Å². The molecule has 7 nitrogen and oxygen atoms in total. The van der Waals surface area contributed by atoms with Gasteiger partial charge in [0.1, 0.15) is 12.3 Å². The van der Waals surface area contributed by atoms with Crippen molar-refractivity contribution in [3.05, 3.63) is 48.4 Å². The summed E-state index contributed by atoms with van der Waals surface area (Å²) in [6.45, 7) is 1.94. The number of hydrogen-bond acceptors (Lipinski definition) is 8. The van der Waals surface area contributed by atoms with Crippen LogP contribution in [-0.4, -0.2) is 34.3 Å². The molecular weight excluding hydrogens is 428 g/mol. The fourth-order valence-electron chi connectivity index (χ4n) is 2.93. The topological polar surface area (TPSA) is 88.3 Å². The number of thioether (sulfide) groups is 2. The number of rotatable bonds is 6. The lowest BCUT2D eigenvalue weighted by Crippen LogP contribution is -2.38. The maximum atomic E-state index is 13.0. The zero-order chi connectivity index (χ0) is 20.2. The van der Waals surface area contributed by atoms with Gasteiger partial charge in [0.25, 0.3) is 0 Å². The minimum Gasteiger partial charge on any atom is -0.468 e. The van der Waals surface area contributed by atoms with E-state index in [1.807, 2.05) is 43.3 Å². The molecule has 0 bridgehead atoms. The van der Waals surface area contributed by atoms with Crippen LogP contribution in [-0.2, 0) is 9.59 Å². The highest BCUT2D eigenvalue weighted by molar-refractivity contribution is 8.01. The first-order valence-electron chi connectivity index (χ1n) is 8.99. The Balaban J connectivity index is 1.53. The van der Waals surface area contributed by atoms with Crippen molar-refractivity contribution in [1.82, 2.24) is 10.2 Å². The number of amides is 2. The van der Waals surface area contributed by atoms with E-state index in [1.165, 1.54) is 16.2 Å². The Morgan fingerprint density at radius 2 is 2.17 bits per heavy atom. The molecule has 2 amide bonds. The van der Waals surface area contributed by atoms with E-state index in [9.17, 15) is 9.59 Å². The average Bonchev–Trinajstić information content (AvgIpc) is 3.36. The molecular formula is C19H18N4O3S3. The van der Waals surface area contributed by atoms with Crippen LogP contribution in [0.2, 0.25) is 0 Å². The van der Waals surface area contributed by atoms with Gasteiger partial charge in [0.15, 0.2) is 4.34 Å². The van der Waals surface area contributed by atoms with Gasteiger partial charge in [-0.1, -0.05) is 42.2 Å². The lowest BCUT2D eigenvalue weighted by atomic mass is 10.2. The number of carbonyl (C=O) groups is 2. The second kappa shape index (κ2) is 9.02. The van der Waals surface area contributed by atoms with Crippen LogP contribution in [0.1, 0.15) is 24.4 Å². The zero-order valence-electron chi connectivity index (χ0n) is 15.5. The van der Waals surface area contributed by atoms with Gasteiger partial charge in [0.2, 0.25) is 16.9 Å². The first-order valence-corrected chi connectivity index (χ1v) is 11.7. The molecule has 3 aromatic rings.